The van der Waals surface area contributed by atoms with Crippen LogP contribution in [0.3, 0.4) is 0 Å². The average Bonchev–Trinajstić information content (AvgIpc) is 2.38. The van der Waals surface area contributed by atoms with E-state index in [0.717, 1.165) is 17.7 Å². The van der Waals surface area contributed by atoms with Crippen LogP contribution in [0.2, 0.25) is 5.02 Å². The molecule has 0 aliphatic carbocycles. The zero-order valence-corrected chi connectivity index (χ0v) is 14.5. The quantitative estimate of drug-likeness (QED) is 0.804. The van der Waals surface area contributed by atoms with Gasteiger partial charge in [-0.3, -0.25) is 0 Å². The van der Waals surface area contributed by atoms with Crippen LogP contribution in [0.25, 0.3) is 0 Å². The predicted octanol–water partition coefficient (Wildman–Crippen LogP) is 4.45. The number of rotatable bonds is 7. The van der Waals surface area contributed by atoms with Gasteiger partial charge < -0.3 is 14.8 Å². The van der Waals surface area contributed by atoms with Crippen molar-refractivity contribution in [2.24, 2.45) is 0 Å². The molecule has 0 atom stereocenters. The van der Waals surface area contributed by atoms with Gasteiger partial charge in [0.25, 0.3) is 0 Å². The fraction of sp³-hybridized carbons (Fsp3) is 0.600. The smallest absolute Gasteiger partial charge is 0.165 e. The summed E-state index contributed by atoms with van der Waals surface area (Å²) in [5.41, 5.74) is 1.10. The van der Waals surface area contributed by atoms with E-state index < -0.39 is 0 Å². The van der Waals surface area contributed by atoms with Crippen molar-refractivity contribution in [1.29, 1.82) is 0 Å². The van der Waals surface area contributed by atoms with Gasteiger partial charge in [0.1, 0.15) is 0 Å². The molecule has 1 aromatic carbocycles. The Kier molecular flexibility index (Phi) is 8.33. The third-order valence-corrected chi connectivity index (χ3v) is 3.46. The molecule has 0 spiro atoms. The van der Waals surface area contributed by atoms with Gasteiger partial charge in [-0.05, 0) is 33.3 Å². The van der Waals surface area contributed by atoms with Gasteiger partial charge in [0.05, 0.1) is 13.7 Å². The fourth-order valence-electron chi connectivity index (χ4n) is 1.67. The fourth-order valence-corrected chi connectivity index (χ4v) is 1.90. The highest BCUT2D eigenvalue weighted by Crippen LogP contribution is 2.35. The van der Waals surface area contributed by atoms with Gasteiger partial charge in [-0.1, -0.05) is 18.5 Å². The van der Waals surface area contributed by atoms with Crippen molar-refractivity contribution in [2.45, 2.75) is 46.2 Å². The Morgan fingerprint density at radius 3 is 2.40 bits per heavy atom. The standard InChI is InChI=1S/C15H24ClNO2.ClH/c1-6-15(3,4)17-10-11-8-12(16)9-13(18-5)14(11)19-7-2;/h8-9,17H,6-7,10H2,1-5H3;1H. The molecule has 1 aromatic rings. The van der Waals surface area contributed by atoms with E-state index in [9.17, 15) is 0 Å². The first kappa shape index (κ1) is 19.4. The maximum atomic E-state index is 6.12. The third kappa shape index (κ3) is 5.39. The van der Waals surface area contributed by atoms with E-state index in [1.165, 1.54) is 0 Å². The largest absolute Gasteiger partial charge is 0.493 e. The summed E-state index contributed by atoms with van der Waals surface area (Å²) in [6, 6.07) is 3.70. The Balaban J connectivity index is 0.00000361. The van der Waals surface area contributed by atoms with Crippen LogP contribution < -0.4 is 14.8 Å². The number of benzene rings is 1. The molecule has 1 N–H and O–H groups in total. The highest BCUT2D eigenvalue weighted by molar-refractivity contribution is 6.30. The first-order valence-electron chi connectivity index (χ1n) is 6.67. The highest BCUT2D eigenvalue weighted by atomic mass is 35.5. The van der Waals surface area contributed by atoms with Crippen molar-refractivity contribution in [3.05, 3.63) is 22.7 Å². The Labute approximate surface area is 133 Å². The molecular formula is C15H25Cl2NO2. The lowest BCUT2D eigenvalue weighted by molar-refractivity contribution is 0.303. The molecule has 0 unspecified atom stereocenters. The molecule has 0 heterocycles. The molecule has 1 rings (SSSR count). The van der Waals surface area contributed by atoms with Crippen LogP contribution in [-0.4, -0.2) is 19.3 Å². The van der Waals surface area contributed by atoms with E-state index in [4.69, 9.17) is 21.1 Å². The predicted molar refractivity (Wildman–Crippen MR) is 87.6 cm³/mol. The van der Waals surface area contributed by atoms with Gasteiger partial charge in [0, 0.05) is 28.7 Å². The Hall–Kier alpha value is -0.640. The first-order valence-corrected chi connectivity index (χ1v) is 7.05. The van der Waals surface area contributed by atoms with Gasteiger partial charge >= 0.3 is 0 Å². The number of nitrogens with one attached hydrogen (secondary N) is 1. The van der Waals surface area contributed by atoms with Crippen LogP contribution in [0.5, 0.6) is 11.5 Å². The van der Waals surface area contributed by atoms with Gasteiger partial charge in [-0.2, -0.15) is 0 Å². The van der Waals surface area contributed by atoms with Crippen molar-refractivity contribution < 1.29 is 9.47 Å². The molecule has 0 bridgehead atoms. The van der Waals surface area contributed by atoms with E-state index in [-0.39, 0.29) is 17.9 Å². The molecular weight excluding hydrogens is 297 g/mol. The monoisotopic (exact) mass is 321 g/mol. The van der Waals surface area contributed by atoms with Crippen LogP contribution in [0.4, 0.5) is 0 Å². The third-order valence-electron chi connectivity index (χ3n) is 3.25. The van der Waals surface area contributed by atoms with Crippen LogP contribution in [0, 0.1) is 0 Å². The molecule has 0 aliphatic heterocycles. The molecule has 0 amide bonds. The summed E-state index contributed by atoms with van der Waals surface area (Å²) < 4.78 is 11.0. The number of hydrogen-bond acceptors (Lipinski definition) is 3. The summed E-state index contributed by atoms with van der Waals surface area (Å²) in [5, 5.41) is 4.17. The maximum Gasteiger partial charge on any atom is 0.165 e. The molecule has 5 heteroatoms. The minimum absolute atomic E-state index is 0. The zero-order chi connectivity index (χ0) is 14.5. The van der Waals surface area contributed by atoms with E-state index in [2.05, 4.69) is 26.1 Å². The van der Waals surface area contributed by atoms with E-state index in [0.29, 0.717) is 23.9 Å². The summed E-state index contributed by atoms with van der Waals surface area (Å²) in [7, 11) is 1.63. The van der Waals surface area contributed by atoms with Crippen molar-refractivity contribution in [3.8, 4) is 11.5 Å². The molecule has 0 radical (unpaired) electrons. The van der Waals surface area contributed by atoms with E-state index >= 15 is 0 Å². The second kappa shape index (κ2) is 8.60. The normalized spacial score (nSPS) is 10.9. The number of hydrogen-bond donors (Lipinski definition) is 1. The van der Waals surface area contributed by atoms with Crippen LogP contribution in [0.1, 0.15) is 39.7 Å². The zero-order valence-electron chi connectivity index (χ0n) is 12.9. The highest BCUT2D eigenvalue weighted by Gasteiger charge is 2.17. The topological polar surface area (TPSA) is 30.5 Å². The lowest BCUT2D eigenvalue weighted by Crippen LogP contribution is -2.37. The summed E-state index contributed by atoms with van der Waals surface area (Å²) >= 11 is 6.12. The number of halogens is 2. The Bertz CT molecular complexity index is 423. The molecule has 0 fully saturated rings. The van der Waals surface area contributed by atoms with Crippen molar-refractivity contribution in [2.75, 3.05) is 13.7 Å². The number of ether oxygens (including phenoxy) is 2. The minimum Gasteiger partial charge on any atom is -0.493 e. The van der Waals surface area contributed by atoms with Crippen LogP contribution >= 0.6 is 24.0 Å². The second-order valence-corrected chi connectivity index (χ2v) is 5.56. The minimum atomic E-state index is 0. The summed E-state index contributed by atoms with van der Waals surface area (Å²) in [4.78, 5) is 0. The lowest BCUT2D eigenvalue weighted by atomic mass is 10.0. The van der Waals surface area contributed by atoms with Crippen molar-refractivity contribution in [1.82, 2.24) is 5.32 Å². The molecule has 0 saturated carbocycles. The van der Waals surface area contributed by atoms with Gasteiger partial charge in [0.2, 0.25) is 0 Å². The van der Waals surface area contributed by atoms with Crippen molar-refractivity contribution in [3.63, 3.8) is 0 Å². The molecule has 0 saturated heterocycles. The molecule has 0 aromatic heterocycles. The van der Waals surface area contributed by atoms with Crippen molar-refractivity contribution >= 4 is 24.0 Å². The maximum absolute atomic E-state index is 6.12. The molecule has 0 aliphatic rings. The van der Waals surface area contributed by atoms with Gasteiger partial charge in [-0.15, -0.1) is 12.4 Å². The van der Waals surface area contributed by atoms with E-state index in [1.807, 2.05) is 13.0 Å². The van der Waals surface area contributed by atoms with Crippen LogP contribution in [-0.2, 0) is 6.54 Å². The Morgan fingerprint density at radius 1 is 1.25 bits per heavy atom. The summed E-state index contributed by atoms with van der Waals surface area (Å²) in [5.74, 6) is 1.45. The first-order chi connectivity index (χ1) is 8.93. The van der Waals surface area contributed by atoms with Gasteiger partial charge in [0.15, 0.2) is 11.5 Å². The SMILES string of the molecule is CCOc1c(CNC(C)(C)CC)cc(Cl)cc1OC.Cl. The summed E-state index contributed by atoms with van der Waals surface area (Å²) in [6.45, 7) is 9.77. The average molecular weight is 322 g/mol. The van der Waals surface area contributed by atoms with E-state index in [1.54, 1.807) is 13.2 Å². The summed E-state index contributed by atoms with van der Waals surface area (Å²) in [6.07, 6.45) is 1.05. The number of methoxy groups -OCH3 is 1. The second-order valence-electron chi connectivity index (χ2n) is 5.12. The molecule has 116 valence electrons. The Morgan fingerprint density at radius 2 is 1.90 bits per heavy atom. The molecule has 3 nitrogen and oxygen atoms in total. The molecule has 20 heavy (non-hydrogen) atoms. The van der Waals surface area contributed by atoms with Gasteiger partial charge in [-0.25, -0.2) is 0 Å². The lowest BCUT2D eigenvalue weighted by Gasteiger charge is -2.25. The van der Waals surface area contributed by atoms with Crippen LogP contribution in [0.15, 0.2) is 12.1 Å².